The van der Waals surface area contributed by atoms with Gasteiger partial charge >= 0.3 is 11.9 Å². The fraction of sp³-hybridized carbons (Fsp3) is 0.391. The smallest absolute Gasteiger partial charge is 0.339 e. The van der Waals surface area contributed by atoms with E-state index in [4.69, 9.17) is 14.2 Å². The first-order chi connectivity index (χ1) is 13.7. The highest BCUT2D eigenvalue weighted by Gasteiger charge is 2.18. The molecule has 0 atom stereocenters. The third-order valence-corrected chi connectivity index (χ3v) is 4.18. The second kappa shape index (κ2) is 12.5. The van der Waals surface area contributed by atoms with E-state index >= 15 is 0 Å². The summed E-state index contributed by atoms with van der Waals surface area (Å²) in [6.07, 6.45) is 5.37. The Labute approximate surface area is 166 Å². The van der Waals surface area contributed by atoms with E-state index < -0.39 is 11.9 Å². The van der Waals surface area contributed by atoms with Crippen LogP contribution in [-0.2, 0) is 9.47 Å². The number of para-hydroxylation sites is 1. The number of hydrogen-bond acceptors (Lipinski definition) is 5. The molecule has 0 fully saturated rings. The van der Waals surface area contributed by atoms with E-state index in [1.807, 2.05) is 30.3 Å². The second-order valence-electron chi connectivity index (χ2n) is 6.39. The fourth-order valence-electron chi connectivity index (χ4n) is 2.68. The van der Waals surface area contributed by atoms with Gasteiger partial charge in [0, 0.05) is 0 Å². The van der Waals surface area contributed by atoms with Crippen molar-refractivity contribution < 1.29 is 23.8 Å². The summed E-state index contributed by atoms with van der Waals surface area (Å²) >= 11 is 0. The zero-order chi connectivity index (χ0) is 20.0. The third-order valence-electron chi connectivity index (χ3n) is 4.18. The van der Waals surface area contributed by atoms with Crippen LogP contribution in [0.4, 0.5) is 0 Å². The predicted molar refractivity (Wildman–Crippen MR) is 108 cm³/mol. The number of carbonyl (C=O) groups is 2. The van der Waals surface area contributed by atoms with Gasteiger partial charge in [-0.3, -0.25) is 0 Å². The molecule has 0 aliphatic heterocycles. The van der Waals surface area contributed by atoms with Crippen LogP contribution in [0, 0.1) is 0 Å². The van der Waals surface area contributed by atoms with Gasteiger partial charge < -0.3 is 14.2 Å². The maximum absolute atomic E-state index is 12.3. The van der Waals surface area contributed by atoms with Crippen molar-refractivity contribution in [3.63, 3.8) is 0 Å². The molecule has 0 saturated carbocycles. The summed E-state index contributed by atoms with van der Waals surface area (Å²) in [5.41, 5.74) is 0.434. The van der Waals surface area contributed by atoms with Crippen LogP contribution in [0.15, 0.2) is 54.6 Å². The summed E-state index contributed by atoms with van der Waals surface area (Å²) in [5.74, 6) is -0.350. The Morgan fingerprint density at radius 1 is 0.679 bits per heavy atom. The van der Waals surface area contributed by atoms with Crippen LogP contribution < -0.4 is 4.74 Å². The van der Waals surface area contributed by atoms with Gasteiger partial charge in [-0.2, -0.15) is 0 Å². The number of carbonyl (C=O) groups excluding carboxylic acids is 2. The molecular formula is C23H28O5. The van der Waals surface area contributed by atoms with Crippen molar-refractivity contribution in [2.45, 2.75) is 39.0 Å². The summed E-state index contributed by atoms with van der Waals surface area (Å²) in [4.78, 5) is 24.7. The van der Waals surface area contributed by atoms with Crippen LogP contribution in [0.5, 0.6) is 5.75 Å². The molecule has 0 aliphatic carbocycles. The Bertz CT molecular complexity index is 727. The molecule has 2 rings (SSSR count). The molecule has 28 heavy (non-hydrogen) atoms. The van der Waals surface area contributed by atoms with Gasteiger partial charge in [-0.05, 0) is 30.7 Å². The van der Waals surface area contributed by atoms with Crippen molar-refractivity contribution >= 4 is 11.9 Å². The van der Waals surface area contributed by atoms with Crippen molar-refractivity contribution in [1.82, 2.24) is 0 Å². The van der Waals surface area contributed by atoms with Gasteiger partial charge in [0.1, 0.15) is 19.0 Å². The Kier molecular flexibility index (Phi) is 9.62. The zero-order valence-corrected chi connectivity index (χ0v) is 16.4. The SMILES string of the molecule is CCCCCCCOC(=O)c1ccccc1C(=O)OCCOc1ccccc1. The largest absolute Gasteiger partial charge is 0.490 e. The first-order valence-electron chi connectivity index (χ1n) is 9.83. The average molecular weight is 384 g/mol. The Morgan fingerprint density at radius 2 is 1.25 bits per heavy atom. The lowest BCUT2D eigenvalue weighted by Gasteiger charge is -2.10. The van der Waals surface area contributed by atoms with Crippen LogP contribution in [-0.4, -0.2) is 31.8 Å². The first-order valence-corrected chi connectivity index (χ1v) is 9.83. The van der Waals surface area contributed by atoms with Crippen LogP contribution >= 0.6 is 0 Å². The topological polar surface area (TPSA) is 61.8 Å². The van der Waals surface area contributed by atoms with Gasteiger partial charge in [-0.25, -0.2) is 9.59 Å². The molecule has 0 N–H and O–H groups in total. The normalized spacial score (nSPS) is 10.3. The highest BCUT2D eigenvalue weighted by molar-refractivity contribution is 6.03. The van der Waals surface area contributed by atoms with Crippen molar-refractivity contribution in [2.75, 3.05) is 19.8 Å². The molecular weight excluding hydrogens is 356 g/mol. The second-order valence-corrected chi connectivity index (χ2v) is 6.39. The van der Waals surface area contributed by atoms with E-state index in [-0.39, 0.29) is 24.3 Å². The van der Waals surface area contributed by atoms with E-state index in [1.54, 1.807) is 24.3 Å². The maximum atomic E-state index is 12.3. The van der Waals surface area contributed by atoms with Crippen molar-refractivity contribution in [2.24, 2.45) is 0 Å². The Balaban J connectivity index is 1.79. The van der Waals surface area contributed by atoms with Gasteiger partial charge in [0.15, 0.2) is 0 Å². The lowest BCUT2D eigenvalue weighted by atomic mass is 10.1. The average Bonchev–Trinajstić information content (AvgIpc) is 2.74. The fourth-order valence-corrected chi connectivity index (χ4v) is 2.68. The number of unbranched alkanes of at least 4 members (excludes halogenated alkanes) is 4. The van der Waals surface area contributed by atoms with Gasteiger partial charge in [0.2, 0.25) is 0 Å². The third kappa shape index (κ3) is 7.43. The number of benzene rings is 2. The summed E-state index contributed by atoms with van der Waals surface area (Å²) in [6, 6.07) is 15.8. The summed E-state index contributed by atoms with van der Waals surface area (Å²) < 4.78 is 16.0. The lowest BCUT2D eigenvalue weighted by molar-refractivity contribution is 0.0422. The van der Waals surface area contributed by atoms with Crippen molar-refractivity contribution in [3.8, 4) is 5.75 Å². The van der Waals surface area contributed by atoms with E-state index in [1.165, 1.54) is 12.8 Å². The van der Waals surface area contributed by atoms with Gasteiger partial charge in [-0.15, -0.1) is 0 Å². The van der Waals surface area contributed by atoms with Gasteiger partial charge in [-0.1, -0.05) is 62.9 Å². The Morgan fingerprint density at radius 3 is 1.89 bits per heavy atom. The highest BCUT2D eigenvalue weighted by Crippen LogP contribution is 2.13. The predicted octanol–water partition coefficient (Wildman–Crippen LogP) is 5.05. The summed E-state index contributed by atoms with van der Waals surface area (Å²) in [6.45, 7) is 2.84. The molecule has 5 nitrogen and oxygen atoms in total. The summed E-state index contributed by atoms with van der Waals surface area (Å²) in [7, 11) is 0. The molecule has 0 radical (unpaired) electrons. The summed E-state index contributed by atoms with van der Waals surface area (Å²) in [5, 5.41) is 0. The molecule has 0 spiro atoms. The molecule has 0 unspecified atom stereocenters. The first kappa shape index (κ1) is 21.5. The molecule has 0 aromatic heterocycles. The number of esters is 2. The van der Waals surface area contributed by atoms with Crippen molar-refractivity contribution in [3.05, 3.63) is 65.7 Å². The van der Waals surface area contributed by atoms with E-state index in [0.717, 1.165) is 19.3 Å². The molecule has 0 saturated heterocycles. The highest BCUT2D eigenvalue weighted by atomic mass is 16.6. The minimum Gasteiger partial charge on any atom is -0.490 e. The molecule has 0 bridgehead atoms. The molecule has 0 aliphatic rings. The molecule has 0 heterocycles. The quantitative estimate of drug-likeness (QED) is 0.378. The lowest BCUT2D eigenvalue weighted by Crippen LogP contribution is -2.17. The van der Waals surface area contributed by atoms with Crippen molar-refractivity contribution in [1.29, 1.82) is 0 Å². The number of rotatable bonds is 12. The molecule has 5 heteroatoms. The standard InChI is InChI=1S/C23H28O5/c1-2-3-4-5-11-16-27-22(24)20-14-9-10-15-21(20)23(25)28-18-17-26-19-12-7-6-8-13-19/h6-10,12-15H,2-5,11,16-18H2,1H3. The van der Waals surface area contributed by atoms with Gasteiger partial charge in [0.25, 0.3) is 0 Å². The van der Waals surface area contributed by atoms with Gasteiger partial charge in [0.05, 0.1) is 17.7 Å². The van der Waals surface area contributed by atoms with E-state index in [0.29, 0.717) is 12.4 Å². The molecule has 150 valence electrons. The maximum Gasteiger partial charge on any atom is 0.339 e. The molecule has 0 amide bonds. The van der Waals surface area contributed by atoms with Crippen LogP contribution in [0.2, 0.25) is 0 Å². The van der Waals surface area contributed by atoms with Crippen LogP contribution in [0.25, 0.3) is 0 Å². The minimum absolute atomic E-state index is 0.0918. The molecule has 2 aromatic rings. The molecule has 2 aromatic carbocycles. The van der Waals surface area contributed by atoms with E-state index in [2.05, 4.69) is 6.92 Å². The zero-order valence-electron chi connectivity index (χ0n) is 16.4. The number of hydrogen-bond donors (Lipinski definition) is 0. The van der Waals surface area contributed by atoms with E-state index in [9.17, 15) is 9.59 Å². The number of ether oxygens (including phenoxy) is 3. The van der Waals surface area contributed by atoms with Crippen LogP contribution in [0.1, 0.15) is 59.7 Å². The Hall–Kier alpha value is -2.82. The monoisotopic (exact) mass is 384 g/mol. The minimum atomic E-state index is -0.563. The van der Waals surface area contributed by atoms with Crippen LogP contribution in [0.3, 0.4) is 0 Å².